The molecule has 0 fully saturated rings. The minimum absolute atomic E-state index is 0.212. The molecule has 2 nitrogen and oxygen atoms in total. The molecular formula is C9H9FN2. The number of para-hydroxylation sites is 1. The lowest BCUT2D eigenvalue weighted by Crippen LogP contribution is -1.92. The SMILES string of the molecule is Cc1nc2cccc(F)c2n1C. The van der Waals surface area contributed by atoms with Crippen LogP contribution >= 0.6 is 0 Å². The topological polar surface area (TPSA) is 17.8 Å². The van der Waals surface area contributed by atoms with E-state index < -0.39 is 0 Å². The van der Waals surface area contributed by atoms with Gasteiger partial charge >= 0.3 is 0 Å². The van der Waals surface area contributed by atoms with Gasteiger partial charge in [-0.3, -0.25) is 0 Å². The van der Waals surface area contributed by atoms with Gasteiger partial charge in [-0.1, -0.05) is 6.07 Å². The van der Waals surface area contributed by atoms with Crippen LogP contribution in [0.1, 0.15) is 5.82 Å². The number of hydrogen-bond donors (Lipinski definition) is 0. The van der Waals surface area contributed by atoms with Gasteiger partial charge < -0.3 is 4.57 Å². The highest BCUT2D eigenvalue weighted by Gasteiger charge is 2.07. The van der Waals surface area contributed by atoms with Crippen molar-refractivity contribution in [2.24, 2.45) is 7.05 Å². The highest BCUT2D eigenvalue weighted by molar-refractivity contribution is 5.76. The van der Waals surface area contributed by atoms with Crippen molar-refractivity contribution in [1.82, 2.24) is 9.55 Å². The van der Waals surface area contributed by atoms with E-state index >= 15 is 0 Å². The Bertz CT molecular complexity index is 431. The number of rotatable bonds is 0. The quantitative estimate of drug-likeness (QED) is 0.582. The van der Waals surface area contributed by atoms with Crippen LogP contribution in [0.15, 0.2) is 18.2 Å². The zero-order chi connectivity index (χ0) is 8.72. The average molecular weight is 164 g/mol. The molecule has 1 aromatic heterocycles. The van der Waals surface area contributed by atoms with E-state index in [9.17, 15) is 4.39 Å². The Morgan fingerprint density at radius 3 is 2.83 bits per heavy atom. The van der Waals surface area contributed by atoms with Crippen LogP contribution in [-0.2, 0) is 7.05 Å². The van der Waals surface area contributed by atoms with Crippen molar-refractivity contribution in [3.8, 4) is 0 Å². The Morgan fingerprint density at radius 1 is 1.42 bits per heavy atom. The van der Waals surface area contributed by atoms with E-state index in [1.54, 1.807) is 10.6 Å². The first-order valence-electron chi connectivity index (χ1n) is 3.77. The maximum absolute atomic E-state index is 13.2. The Labute approximate surface area is 69.6 Å². The second-order valence-electron chi connectivity index (χ2n) is 2.83. The molecule has 0 spiro atoms. The molecule has 0 bridgehead atoms. The van der Waals surface area contributed by atoms with Gasteiger partial charge in [0.2, 0.25) is 0 Å². The van der Waals surface area contributed by atoms with Crippen LogP contribution < -0.4 is 0 Å². The summed E-state index contributed by atoms with van der Waals surface area (Å²) in [6.07, 6.45) is 0. The number of aryl methyl sites for hydroxylation is 2. The summed E-state index contributed by atoms with van der Waals surface area (Å²) in [4.78, 5) is 4.20. The first-order valence-corrected chi connectivity index (χ1v) is 3.77. The molecule has 12 heavy (non-hydrogen) atoms. The maximum atomic E-state index is 13.2. The van der Waals surface area contributed by atoms with Crippen LogP contribution in [0.25, 0.3) is 11.0 Å². The van der Waals surface area contributed by atoms with E-state index in [1.165, 1.54) is 6.07 Å². The third-order valence-electron chi connectivity index (χ3n) is 2.07. The van der Waals surface area contributed by atoms with Gasteiger partial charge in [0, 0.05) is 7.05 Å². The zero-order valence-electron chi connectivity index (χ0n) is 7.00. The van der Waals surface area contributed by atoms with E-state index in [0.29, 0.717) is 5.52 Å². The zero-order valence-corrected chi connectivity index (χ0v) is 7.00. The van der Waals surface area contributed by atoms with Crippen molar-refractivity contribution in [3.63, 3.8) is 0 Å². The first kappa shape index (κ1) is 7.28. The summed E-state index contributed by atoms with van der Waals surface area (Å²) >= 11 is 0. The Hall–Kier alpha value is -1.38. The lowest BCUT2D eigenvalue weighted by Gasteiger charge is -1.96. The molecule has 0 aliphatic heterocycles. The van der Waals surface area contributed by atoms with Gasteiger partial charge in [0.05, 0.1) is 5.52 Å². The lowest BCUT2D eigenvalue weighted by molar-refractivity contribution is 0.631. The molecule has 0 saturated carbocycles. The van der Waals surface area contributed by atoms with Crippen molar-refractivity contribution in [2.45, 2.75) is 6.92 Å². The second kappa shape index (κ2) is 2.30. The van der Waals surface area contributed by atoms with Crippen LogP contribution in [0.5, 0.6) is 0 Å². The predicted octanol–water partition coefficient (Wildman–Crippen LogP) is 2.02. The molecule has 0 aliphatic rings. The smallest absolute Gasteiger partial charge is 0.149 e. The van der Waals surface area contributed by atoms with Crippen molar-refractivity contribution in [1.29, 1.82) is 0 Å². The summed E-state index contributed by atoms with van der Waals surface area (Å²) in [5.74, 6) is 0.616. The molecule has 3 heteroatoms. The summed E-state index contributed by atoms with van der Waals surface area (Å²) in [5.41, 5.74) is 1.30. The lowest BCUT2D eigenvalue weighted by atomic mass is 10.3. The molecule has 0 N–H and O–H groups in total. The normalized spacial score (nSPS) is 10.9. The third kappa shape index (κ3) is 0.826. The maximum Gasteiger partial charge on any atom is 0.149 e. The van der Waals surface area contributed by atoms with Crippen molar-refractivity contribution in [2.75, 3.05) is 0 Å². The summed E-state index contributed by atoms with van der Waals surface area (Å²) < 4.78 is 15.0. The number of halogens is 1. The van der Waals surface area contributed by atoms with Gasteiger partial charge in [-0.05, 0) is 19.1 Å². The number of benzene rings is 1. The van der Waals surface area contributed by atoms with E-state index in [-0.39, 0.29) is 5.82 Å². The van der Waals surface area contributed by atoms with Crippen LogP contribution in [0.2, 0.25) is 0 Å². The molecule has 0 saturated heterocycles. The molecule has 62 valence electrons. The molecule has 0 amide bonds. The molecule has 2 rings (SSSR count). The summed E-state index contributed by atoms with van der Waals surface area (Å²) in [6.45, 7) is 1.86. The Morgan fingerprint density at radius 2 is 2.17 bits per heavy atom. The Kier molecular flexibility index (Phi) is 1.40. The minimum atomic E-state index is -0.212. The standard InChI is InChI=1S/C9H9FN2/c1-6-11-8-5-3-4-7(10)9(8)12(6)2/h3-5H,1-2H3. The molecule has 0 atom stereocenters. The van der Waals surface area contributed by atoms with Gasteiger partial charge in [0.1, 0.15) is 17.2 Å². The van der Waals surface area contributed by atoms with E-state index in [2.05, 4.69) is 4.98 Å². The first-order chi connectivity index (χ1) is 5.70. The minimum Gasteiger partial charge on any atom is -0.329 e. The van der Waals surface area contributed by atoms with Crippen molar-refractivity contribution < 1.29 is 4.39 Å². The van der Waals surface area contributed by atoms with Crippen LogP contribution in [0.4, 0.5) is 4.39 Å². The average Bonchev–Trinajstić information content (AvgIpc) is 2.29. The largest absolute Gasteiger partial charge is 0.329 e. The number of aromatic nitrogens is 2. The third-order valence-corrected chi connectivity index (χ3v) is 2.07. The van der Waals surface area contributed by atoms with E-state index in [1.807, 2.05) is 20.0 Å². The molecular weight excluding hydrogens is 155 g/mol. The fourth-order valence-corrected chi connectivity index (χ4v) is 1.34. The van der Waals surface area contributed by atoms with E-state index in [0.717, 1.165) is 11.3 Å². The summed E-state index contributed by atoms with van der Waals surface area (Å²) in [5, 5.41) is 0. The van der Waals surface area contributed by atoms with Gasteiger partial charge in [-0.25, -0.2) is 9.37 Å². The van der Waals surface area contributed by atoms with Gasteiger partial charge in [0.25, 0.3) is 0 Å². The molecule has 2 aromatic rings. The molecule has 0 radical (unpaired) electrons. The van der Waals surface area contributed by atoms with Gasteiger partial charge in [-0.15, -0.1) is 0 Å². The molecule has 0 aliphatic carbocycles. The molecule has 0 unspecified atom stereocenters. The summed E-state index contributed by atoms with van der Waals surface area (Å²) in [6, 6.07) is 4.93. The molecule has 1 aromatic carbocycles. The number of fused-ring (bicyclic) bond motifs is 1. The van der Waals surface area contributed by atoms with Crippen LogP contribution in [-0.4, -0.2) is 9.55 Å². The van der Waals surface area contributed by atoms with Crippen LogP contribution in [0, 0.1) is 12.7 Å². The highest BCUT2D eigenvalue weighted by Crippen LogP contribution is 2.17. The van der Waals surface area contributed by atoms with Crippen molar-refractivity contribution >= 4 is 11.0 Å². The van der Waals surface area contributed by atoms with Crippen molar-refractivity contribution in [3.05, 3.63) is 29.8 Å². The second-order valence-corrected chi connectivity index (χ2v) is 2.83. The van der Waals surface area contributed by atoms with E-state index in [4.69, 9.17) is 0 Å². The Balaban J connectivity index is 2.97. The number of nitrogens with zero attached hydrogens (tertiary/aromatic N) is 2. The van der Waals surface area contributed by atoms with Gasteiger partial charge in [0.15, 0.2) is 0 Å². The fraction of sp³-hybridized carbons (Fsp3) is 0.222. The van der Waals surface area contributed by atoms with Crippen LogP contribution in [0.3, 0.4) is 0 Å². The van der Waals surface area contributed by atoms with Gasteiger partial charge in [-0.2, -0.15) is 0 Å². The summed E-state index contributed by atoms with van der Waals surface area (Å²) in [7, 11) is 1.81. The predicted molar refractivity (Wildman–Crippen MR) is 45.4 cm³/mol. The fourth-order valence-electron chi connectivity index (χ4n) is 1.34. The number of imidazole rings is 1. The monoisotopic (exact) mass is 164 g/mol. The molecule has 1 heterocycles. The highest BCUT2D eigenvalue weighted by atomic mass is 19.1. The number of hydrogen-bond acceptors (Lipinski definition) is 1.